The molecule has 0 fully saturated rings. The molecule has 0 unspecified atom stereocenters. The highest BCUT2D eigenvalue weighted by atomic mass is 32.1. The Balaban J connectivity index is 1.96. The standard InChI is InChI=1S/C23H20N2S/c1-23(2,3)11-17-10-16-13-25-14-21(22(16)26-17)20-9-8-15(12-24)18-6-4-5-7-19(18)20/h4-10,13-14H,11H2,1-3H3. The Morgan fingerprint density at radius 2 is 1.77 bits per heavy atom. The lowest BCUT2D eigenvalue weighted by Gasteiger charge is -2.16. The zero-order chi connectivity index (χ0) is 18.3. The van der Waals surface area contributed by atoms with Gasteiger partial charge in [0.2, 0.25) is 0 Å². The van der Waals surface area contributed by atoms with Crippen molar-refractivity contribution in [1.29, 1.82) is 5.26 Å². The zero-order valence-electron chi connectivity index (χ0n) is 15.2. The maximum atomic E-state index is 9.42. The summed E-state index contributed by atoms with van der Waals surface area (Å²) in [5.41, 5.74) is 3.26. The number of benzene rings is 2. The number of hydrogen-bond donors (Lipinski definition) is 0. The monoisotopic (exact) mass is 356 g/mol. The van der Waals surface area contributed by atoms with Crippen LogP contribution in [0.3, 0.4) is 0 Å². The van der Waals surface area contributed by atoms with E-state index >= 15 is 0 Å². The predicted molar refractivity (Wildman–Crippen MR) is 110 cm³/mol. The number of nitrogens with zero attached hydrogens (tertiary/aromatic N) is 2. The van der Waals surface area contributed by atoms with Crippen molar-refractivity contribution in [3.8, 4) is 17.2 Å². The minimum atomic E-state index is 0.260. The molecule has 0 atom stereocenters. The summed E-state index contributed by atoms with van der Waals surface area (Å²) < 4.78 is 1.27. The molecule has 2 aromatic heterocycles. The molecule has 128 valence electrons. The topological polar surface area (TPSA) is 36.7 Å². The highest BCUT2D eigenvalue weighted by Crippen LogP contribution is 2.39. The molecule has 0 aliphatic heterocycles. The Labute approximate surface area is 157 Å². The zero-order valence-corrected chi connectivity index (χ0v) is 16.0. The summed E-state index contributed by atoms with van der Waals surface area (Å²) in [7, 11) is 0. The van der Waals surface area contributed by atoms with Gasteiger partial charge in [-0.15, -0.1) is 11.3 Å². The van der Waals surface area contributed by atoms with Gasteiger partial charge in [-0.05, 0) is 34.9 Å². The first-order chi connectivity index (χ1) is 12.5. The van der Waals surface area contributed by atoms with Gasteiger partial charge in [0.25, 0.3) is 0 Å². The second kappa shape index (κ2) is 6.23. The SMILES string of the molecule is CC(C)(C)Cc1cc2cncc(-c3ccc(C#N)c4ccccc34)c2s1. The van der Waals surface area contributed by atoms with Crippen LogP contribution >= 0.6 is 11.3 Å². The summed E-state index contributed by atoms with van der Waals surface area (Å²) in [4.78, 5) is 5.88. The van der Waals surface area contributed by atoms with Gasteiger partial charge in [0.05, 0.1) is 11.6 Å². The summed E-state index contributed by atoms with van der Waals surface area (Å²) in [6.07, 6.45) is 4.96. The average Bonchev–Trinajstić information content (AvgIpc) is 3.01. The Morgan fingerprint density at radius 3 is 2.50 bits per heavy atom. The molecule has 2 nitrogen and oxygen atoms in total. The Morgan fingerprint density at radius 1 is 1.00 bits per heavy atom. The van der Waals surface area contributed by atoms with Crippen LogP contribution in [0.2, 0.25) is 0 Å². The van der Waals surface area contributed by atoms with Gasteiger partial charge in [0, 0.05) is 38.3 Å². The van der Waals surface area contributed by atoms with Crippen molar-refractivity contribution in [2.75, 3.05) is 0 Å². The Bertz CT molecular complexity index is 1160. The summed E-state index contributed by atoms with van der Waals surface area (Å²) in [6.45, 7) is 6.81. The van der Waals surface area contributed by atoms with Gasteiger partial charge < -0.3 is 0 Å². The molecule has 0 aliphatic rings. The van der Waals surface area contributed by atoms with Gasteiger partial charge in [0.1, 0.15) is 0 Å². The summed E-state index contributed by atoms with van der Waals surface area (Å²) in [6, 6.07) is 16.7. The molecule has 2 aromatic carbocycles. The van der Waals surface area contributed by atoms with Crippen molar-refractivity contribution in [3.63, 3.8) is 0 Å². The van der Waals surface area contributed by atoms with Crippen LogP contribution in [0, 0.1) is 16.7 Å². The van der Waals surface area contributed by atoms with Crippen molar-refractivity contribution < 1.29 is 0 Å². The number of thiophene rings is 1. The molecular weight excluding hydrogens is 336 g/mol. The van der Waals surface area contributed by atoms with Crippen molar-refractivity contribution in [2.45, 2.75) is 27.2 Å². The van der Waals surface area contributed by atoms with Crippen molar-refractivity contribution in [2.24, 2.45) is 5.41 Å². The average molecular weight is 356 g/mol. The van der Waals surface area contributed by atoms with E-state index in [1.165, 1.54) is 15.0 Å². The van der Waals surface area contributed by atoms with E-state index in [0.717, 1.165) is 28.3 Å². The molecule has 0 saturated heterocycles. The van der Waals surface area contributed by atoms with Crippen LogP contribution in [0.1, 0.15) is 31.2 Å². The number of rotatable bonds is 2. The maximum Gasteiger partial charge on any atom is 0.0998 e. The molecule has 2 heterocycles. The van der Waals surface area contributed by atoms with Crippen LogP contribution < -0.4 is 0 Å². The van der Waals surface area contributed by atoms with E-state index in [4.69, 9.17) is 0 Å². The first kappa shape index (κ1) is 16.8. The first-order valence-electron chi connectivity index (χ1n) is 8.75. The Hall–Kier alpha value is -2.70. The third-order valence-corrected chi connectivity index (χ3v) is 5.70. The Kier molecular flexibility index (Phi) is 4.01. The minimum absolute atomic E-state index is 0.260. The van der Waals surface area contributed by atoms with E-state index in [2.05, 4.69) is 50.0 Å². The molecule has 0 aliphatic carbocycles. The van der Waals surface area contributed by atoms with Crippen molar-refractivity contribution in [1.82, 2.24) is 4.98 Å². The third kappa shape index (κ3) is 2.98. The van der Waals surface area contributed by atoms with Crippen LogP contribution in [0.25, 0.3) is 32.0 Å². The number of hydrogen-bond acceptors (Lipinski definition) is 3. The van der Waals surface area contributed by atoms with E-state index in [9.17, 15) is 5.26 Å². The molecule has 26 heavy (non-hydrogen) atoms. The van der Waals surface area contributed by atoms with Gasteiger partial charge in [-0.25, -0.2) is 0 Å². The number of nitriles is 1. The van der Waals surface area contributed by atoms with Crippen molar-refractivity contribution >= 4 is 32.2 Å². The largest absolute Gasteiger partial charge is 0.263 e. The highest BCUT2D eigenvalue weighted by Gasteiger charge is 2.16. The lowest BCUT2D eigenvalue weighted by Crippen LogP contribution is -2.07. The molecule has 0 saturated carbocycles. The van der Waals surface area contributed by atoms with E-state index in [1.54, 1.807) is 0 Å². The molecule has 0 radical (unpaired) electrons. The van der Waals surface area contributed by atoms with E-state index in [1.807, 2.05) is 48.0 Å². The molecule has 4 rings (SSSR count). The minimum Gasteiger partial charge on any atom is -0.263 e. The van der Waals surface area contributed by atoms with E-state index in [0.29, 0.717) is 5.56 Å². The fraction of sp³-hybridized carbons (Fsp3) is 0.217. The predicted octanol–water partition coefficient (Wildman–Crippen LogP) is 6.58. The first-order valence-corrected chi connectivity index (χ1v) is 9.56. The molecular formula is C23H20N2S. The molecule has 0 bridgehead atoms. The molecule has 0 amide bonds. The molecule has 3 heteroatoms. The third-order valence-electron chi connectivity index (χ3n) is 4.51. The van der Waals surface area contributed by atoms with Gasteiger partial charge in [-0.3, -0.25) is 4.98 Å². The van der Waals surface area contributed by atoms with Gasteiger partial charge in [-0.2, -0.15) is 5.26 Å². The quantitative estimate of drug-likeness (QED) is 0.407. The summed E-state index contributed by atoms with van der Waals surface area (Å²) in [5.74, 6) is 0. The lowest BCUT2D eigenvalue weighted by molar-refractivity contribution is 0.415. The highest BCUT2D eigenvalue weighted by molar-refractivity contribution is 7.19. The molecule has 0 spiro atoms. The normalized spacial score (nSPS) is 11.8. The van der Waals surface area contributed by atoms with Crippen molar-refractivity contribution in [3.05, 3.63) is 65.3 Å². The van der Waals surface area contributed by atoms with E-state index < -0.39 is 0 Å². The fourth-order valence-electron chi connectivity index (χ4n) is 3.45. The second-order valence-electron chi connectivity index (χ2n) is 7.87. The van der Waals surface area contributed by atoms with Gasteiger partial charge in [-0.1, -0.05) is 51.1 Å². The number of aromatic nitrogens is 1. The van der Waals surface area contributed by atoms with E-state index in [-0.39, 0.29) is 5.41 Å². The van der Waals surface area contributed by atoms with Crippen LogP contribution in [-0.4, -0.2) is 4.98 Å². The maximum absolute atomic E-state index is 9.42. The van der Waals surface area contributed by atoms with Crippen LogP contribution in [0.5, 0.6) is 0 Å². The van der Waals surface area contributed by atoms with Crippen LogP contribution in [-0.2, 0) is 6.42 Å². The smallest absolute Gasteiger partial charge is 0.0998 e. The van der Waals surface area contributed by atoms with Gasteiger partial charge in [0.15, 0.2) is 0 Å². The fourth-order valence-corrected chi connectivity index (χ4v) is 4.90. The van der Waals surface area contributed by atoms with Crippen LogP contribution in [0.15, 0.2) is 54.9 Å². The van der Waals surface area contributed by atoms with Gasteiger partial charge >= 0.3 is 0 Å². The second-order valence-corrected chi connectivity index (χ2v) is 9.01. The number of fused-ring (bicyclic) bond motifs is 2. The van der Waals surface area contributed by atoms with Crippen LogP contribution in [0.4, 0.5) is 0 Å². The summed E-state index contributed by atoms with van der Waals surface area (Å²) in [5, 5.41) is 12.7. The molecule has 4 aromatic rings. The number of pyridine rings is 1. The molecule has 0 N–H and O–H groups in total. The lowest BCUT2D eigenvalue weighted by atomic mass is 9.91. The summed E-state index contributed by atoms with van der Waals surface area (Å²) >= 11 is 1.86.